The first-order valence-corrected chi connectivity index (χ1v) is 4.00. The highest BCUT2D eigenvalue weighted by atomic mass is 35.5. The van der Waals surface area contributed by atoms with Crippen LogP contribution in [0.1, 0.15) is 5.69 Å². The standard InChI is InChI=1S/C9H4ClN3/c10-9-7-2-1-3-12-8(7)4-6(5-11)13-9/h1-4H. The summed E-state index contributed by atoms with van der Waals surface area (Å²) in [5.41, 5.74) is 0.982. The fourth-order valence-corrected chi connectivity index (χ4v) is 1.34. The fraction of sp³-hybridized carbons (Fsp3) is 0. The van der Waals surface area contributed by atoms with E-state index >= 15 is 0 Å². The summed E-state index contributed by atoms with van der Waals surface area (Å²) in [6, 6.07) is 7.13. The molecule has 0 N–H and O–H groups in total. The van der Waals surface area contributed by atoms with Crippen molar-refractivity contribution in [2.24, 2.45) is 0 Å². The summed E-state index contributed by atoms with van der Waals surface area (Å²) in [6.45, 7) is 0. The largest absolute Gasteiger partial charge is 0.256 e. The predicted molar refractivity (Wildman–Crippen MR) is 49.3 cm³/mol. The third-order valence-corrected chi connectivity index (χ3v) is 1.96. The number of nitriles is 1. The third kappa shape index (κ3) is 1.32. The van der Waals surface area contributed by atoms with Crippen LogP contribution in [0, 0.1) is 11.3 Å². The van der Waals surface area contributed by atoms with Crippen LogP contribution in [0.3, 0.4) is 0 Å². The van der Waals surface area contributed by atoms with Gasteiger partial charge in [0, 0.05) is 17.6 Å². The van der Waals surface area contributed by atoms with E-state index < -0.39 is 0 Å². The lowest BCUT2D eigenvalue weighted by molar-refractivity contribution is 1.27. The minimum absolute atomic E-state index is 0.288. The molecule has 0 aliphatic carbocycles. The van der Waals surface area contributed by atoms with Gasteiger partial charge in [0.25, 0.3) is 0 Å². The van der Waals surface area contributed by atoms with Crippen molar-refractivity contribution in [1.82, 2.24) is 9.97 Å². The Morgan fingerprint density at radius 3 is 3.08 bits per heavy atom. The number of aromatic nitrogens is 2. The molecule has 3 nitrogen and oxygen atoms in total. The Hall–Kier alpha value is -1.66. The van der Waals surface area contributed by atoms with E-state index in [4.69, 9.17) is 16.9 Å². The second kappa shape index (κ2) is 3.00. The fourth-order valence-electron chi connectivity index (χ4n) is 1.09. The molecule has 0 saturated heterocycles. The van der Waals surface area contributed by atoms with Crippen molar-refractivity contribution in [3.63, 3.8) is 0 Å². The zero-order chi connectivity index (χ0) is 9.26. The summed E-state index contributed by atoms with van der Waals surface area (Å²) >= 11 is 5.84. The molecule has 0 aliphatic rings. The molecule has 13 heavy (non-hydrogen) atoms. The molecule has 0 spiro atoms. The van der Waals surface area contributed by atoms with E-state index in [0.717, 1.165) is 5.39 Å². The van der Waals surface area contributed by atoms with Crippen molar-refractivity contribution in [2.45, 2.75) is 0 Å². The van der Waals surface area contributed by atoms with Crippen LogP contribution < -0.4 is 0 Å². The van der Waals surface area contributed by atoms with Gasteiger partial charge in [0.15, 0.2) is 0 Å². The molecular weight excluding hydrogens is 186 g/mol. The Morgan fingerprint density at radius 1 is 1.46 bits per heavy atom. The Morgan fingerprint density at radius 2 is 2.31 bits per heavy atom. The van der Waals surface area contributed by atoms with Gasteiger partial charge in [-0.2, -0.15) is 5.26 Å². The zero-order valence-corrected chi connectivity index (χ0v) is 7.28. The molecule has 0 aromatic carbocycles. The van der Waals surface area contributed by atoms with E-state index in [9.17, 15) is 0 Å². The van der Waals surface area contributed by atoms with Gasteiger partial charge >= 0.3 is 0 Å². The van der Waals surface area contributed by atoms with Crippen LogP contribution in [-0.2, 0) is 0 Å². The van der Waals surface area contributed by atoms with Gasteiger partial charge < -0.3 is 0 Å². The van der Waals surface area contributed by atoms with Gasteiger partial charge in [0.05, 0.1) is 5.52 Å². The van der Waals surface area contributed by atoms with Crippen molar-refractivity contribution in [1.29, 1.82) is 5.26 Å². The average molecular weight is 190 g/mol. The van der Waals surface area contributed by atoms with Gasteiger partial charge in [-0.15, -0.1) is 0 Å². The van der Waals surface area contributed by atoms with Gasteiger partial charge in [-0.05, 0) is 12.1 Å². The maximum Gasteiger partial charge on any atom is 0.144 e. The Balaban J connectivity index is 2.86. The lowest BCUT2D eigenvalue weighted by Gasteiger charge is -1.97. The van der Waals surface area contributed by atoms with E-state index in [2.05, 4.69) is 9.97 Å². The number of halogens is 1. The van der Waals surface area contributed by atoms with Gasteiger partial charge in [-0.3, -0.25) is 4.98 Å². The van der Waals surface area contributed by atoms with E-state index in [1.54, 1.807) is 18.3 Å². The molecule has 2 heterocycles. The highest BCUT2D eigenvalue weighted by Gasteiger charge is 2.02. The first-order valence-electron chi connectivity index (χ1n) is 3.62. The molecule has 0 saturated carbocycles. The summed E-state index contributed by atoms with van der Waals surface area (Å²) in [5, 5.41) is 9.71. The van der Waals surface area contributed by atoms with Crippen molar-refractivity contribution in [3.8, 4) is 6.07 Å². The topological polar surface area (TPSA) is 49.6 Å². The summed E-state index contributed by atoms with van der Waals surface area (Å²) < 4.78 is 0. The minimum atomic E-state index is 0.288. The molecule has 0 radical (unpaired) electrons. The smallest absolute Gasteiger partial charge is 0.144 e. The van der Waals surface area contributed by atoms with Crippen LogP contribution in [0.4, 0.5) is 0 Å². The number of hydrogen-bond donors (Lipinski definition) is 0. The summed E-state index contributed by atoms with van der Waals surface area (Å²) in [6.07, 6.45) is 1.65. The number of hydrogen-bond acceptors (Lipinski definition) is 3. The number of pyridine rings is 2. The van der Waals surface area contributed by atoms with E-state index in [-0.39, 0.29) is 5.69 Å². The van der Waals surface area contributed by atoms with Crippen LogP contribution in [0.25, 0.3) is 10.9 Å². The highest BCUT2D eigenvalue weighted by Crippen LogP contribution is 2.19. The maximum absolute atomic E-state index is 8.62. The maximum atomic E-state index is 8.62. The van der Waals surface area contributed by atoms with Crippen LogP contribution in [0.2, 0.25) is 5.15 Å². The van der Waals surface area contributed by atoms with Gasteiger partial charge in [-0.1, -0.05) is 11.6 Å². The summed E-state index contributed by atoms with van der Waals surface area (Å²) in [5.74, 6) is 0. The molecule has 4 heteroatoms. The van der Waals surface area contributed by atoms with Crippen LogP contribution in [0.5, 0.6) is 0 Å². The highest BCUT2D eigenvalue weighted by molar-refractivity contribution is 6.34. The molecule has 0 atom stereocenters. The first-order chi connectivity index (χ1) is 6.31. The molecule has 0 fully saturated rings. The van der Waals surface area contributed by atoms with Gasteiger partial charge in [-0.25, -0.2) is 4.98 Å². The van der Waals surface area contributed by atoms with E-state index in [1.165, 1.54) is 0 Å². The van der Waals surface area contributed by atoms with E-state index in [0.29, 0.717) is 10.7 Å². The lowest BCUT2D eigenvalue weighted by Crippen LogP contribution is -1.86. The Kier molecular flexibility index (Phi) is 1.84. The van der Waals surface area contributed by atoms with Crippen molar-refractivity contribution in [2.75, 3.05) is 0 Å². The molecule has 0 amide bonds. The molecule has 62 valence electrons. The average Bonchev–Trinajstić information content (AvgIpc) is 2.18. The van der Waals surface area contributed by atoms with E-state index in [1.807, 2.05) is 12.1 Å². The van der Waals surface area contributed by atoms with Crippen LogP contribution in [0.15, 0.2) is 24.4 Å². The third-order valence-electron chi connectivity index (χ3n) is 1.67. The second-order valence-electron chi connectivity index (χ2n) is 2.48. The monoisotopic (exact) mass is 189 g/mol. The van der Waals surface area contributed by atoms with Gasteiger partial charge in [0.1, 0.15) is 16.9 Å². The van der Waals surface area contributed by atoms with Crippen LogP contribution >= 0.6 is 11.6 Å². The molecule has 0 unspecified atom stereocenters. The molecular formula is C9H4ClN3. The molecule has 0 aliphatic heterocycles. The van der Waals surface area contributed by atoms with Crippen molar-refractivity contribution in [3.05, 3.63) is 35.2 Å². The molecule has 0 bridgehead atoms. The van der Waals surface area contributed by atoms with Crippen molar-refractivity contribution < 1.29 is 0 Å². The Labute approximate surface area is 79.6 Å². The summed E-state index contributed by atoms with van der Waals surface area (Å²) in [7, 11) is 0. The number of nitrogens with zero attached hydrogens (tertiary/aromatic N) is 3. The minimum Gasteiger partial charge on any atom is -0.256 e. The van der Waals surface area contributed by atoms with Crippen LogP contribution in [-0.4, -0.2) is 9.97 Å². The quantitative estimate of drug-likeness (QED) is 0.597. The predicted octanol–water partition coefficient (Wildman–Crippen LogP) is 2.15. The summed E-state index contributed by atoms with van der Waals surface area (Å²) in [4.78, 5) is 7.96. The number of fused-ring (bicyclic) bond motifs is 1. The van der Waals surface area contributed by atoms with Crippen molar-refractivity contribution >= 4 is 22.5 Å². The lowest BCUT2D eigenvalue weighted by atomic mass is 10.2. The molecule has 2 aromatic rings. The Bertz CT molecular complexity index is 502. The second-order valence-corrected chi connectivity index (χ2v) is 2.84. The molecule has 2 aromatic heterocycles. The molecule has 2 rings (SSSR count). The normalized spacial score (nSPS) is 9.85. The SMILES string of the molecule is N#Cc1cc2ncccc2c(Cl)n1. The van der Waals surface area contributed by atoms with Gasteiger partial charge in [0.2, 0.25) is 0 Å². The first kappa shape index (κ1) is 7.96. The zero-order valence-electron chi connectivity index (χ0n) is 6.53. The number of rotatable bonds is 0.